The molecule has 0 aliphatic carbocycles. The number of non-ortho nitro benzene ring substituents is 1. The molecule has 2 rings (SSSR count). The molecule has 0 bridgehead atoms. The van der Waals surface area contributed by atoms with Crippen LogP contribution in [-0.2, 0) is 19.1 Å². The van der Waals surface area contributed by atoms with Gasteiger partial charge in [0.15, 0.2) is 0 Å². The van der Waals surface area contributed by atoms with Gasteiger partial charge in [-0.05, 0) is 19.9 Å². The van der Waals surface area contributed by atoms with Gasteiger partial charge in [-0.2, -0.15) is 0 Å². The molecule has 1 heterocycles. The molecule has 130 valence electrons. The Morgan fingerprint density at radius 3 is 2.92 bits per heavy atom. The van der Waals surface area contributed by atoms with Crippen LogP contribution in [0.1, 0.15) is 26.7 Å². The number of hydrogen-bond donors (Lipinski definition) is 1. The number of cyclic esters (lactones) is 1. The monoisotopic (exact) mass is 336 g/mol. The average Bonchev–Trinajstić information content (AvgIpc) is 2.85. The first-order chi connectivity index (χ1) is 11.3. The van der Waals surface area contributed by atoms with Crippen LogP contribution in [0.15, 0.2) is 24.3 Å². The summed E-state index contributed by atoms with van der Waals surface area (Å²) in [6.07, 6.45) is 0.101. The number of amides is 1. The highest BCUT2D eigenvalue weighted by Gasteiger charge is 2.36. The van der Waals surface area contributed by atoms with Crippen molar-refractivity contribution in [2.24, 2.45) is 5.92 Å². The molecule has 0 radical (unpaired) electrons. The largest absolute Gasteiger partial charge is 0.460 e. The van der Waals surface area contributed by atoms with Gasteiger partial charge in [0.05, 0.1) is 23.6 Å². The third-order valence-electron chi connectivity index (χ3n) is 3.55. The van der Waals surface area contributed by atoms with Gasteiger partial charge in [-0.3, -0.25) is 19.7 Å². The highest BCUT2D eigenvalue weighted by atomic mass is 16.6. The second-order valence-electron chi connectivity index (χ2n) is 5.93. The van der Waals surface area contributed by atoms with Crippen LogP contribution in [-0.4, -0.2) is 35.6 Å². The van der Waals surface area contributed by atoms with Gasteiger partial charge < -0.3 is 14.8 Å². The Balaban J connectivity index is 1.87. The Bertz CT molecular complexity index is 631. The van der Waals surface area contributed by atoms with E-state index in [0.717, 1.165) is 0 Å². The molecule has 1 aromatic carbocycles. The van der Waals surface area contributed by atoms with E-state index in [-0.39, 0.29) is 30.2 Å². The first kappa shape index (κ1) is 17.9. The van der Waals surface area contributed by atoms with Gasteiger partial charge >= 0.3 is 5.97 Å². The van der Waals surface area contributed by atoms with Crippen LogP contribution in [0.25, 0.3) is 0 Å². The molecule has 1 N–H and O–H groups in total. The van der Waals surface area contributed by atoms with Gasteiger partial charge in [0, 0.05) is 30.7 Å². The molecule has 1 aromatic rings. The number of carbonyl (C=O) groups excluding carboxylic acids is 2. The lowest BCUT2D eigenvalue weighted by Gasteiger charge is -2.12. The molecule has 2 atom stereocenters. The minimum Gasteiger partial charge on any atom is -0.460 e. The van der Waals surface area contributed by atoms with E-state index in [1.165, 1.54) is 18.2 Å². The van der Waals surface area contributed by atoms with Gasteiger partial charge in [0.1, 0.15) is 6.10 Å². The molecule has 0 saturated carbocycles. The zero-order valence-electron chi connectivity index (χ0n) is 13.6. The van der Waals surface area contributed by atoms with Crippen LogP contribution in [0.2, 0.25) is 0 Å². The number of hydrogen-bond acceptors (Lipinski definition) is 6. The molecular formula is C16H20N2O6. The quantitative estimate of drug-likeness (QED) is 0.465. The number of esters is 1. The zero-order chi connectivity index (χ0) is 17.7. The summed E-state index contributed by atoms with van der Waals surface area (Å²) in [6, 6.07) is 5.64. The average molecular weight is 336 g/mol. The SMILES string of the molecule is CC(C)OC[C@H]1C[C@H](CC(=O)Nc2cccc([N+](=O)[O-])c2)C(=O)O1. The second-order valence-corrected chi connectivity index (χ2v) is 5.93. The summed E-state index contributed by atoms with van der Waals surface area (Å²) in [4.78, 5) is 34.0. The van der Waals surface area contributed by atoms with E-state index in [1.807, 2.05) is 13.8 Å². The molecule has 1 saturated heterocycles. The van der Waals surface area contributed by atoms with E-state index >= 15 is 0 Å². The zero-order valence-corrected chi connectivity index (χ0v) is 13.6. The number of anilines is 1. The maximum absolute atomic E-state index is 12.0. The number of nitrogens with zero attached hydrogens (tertiary/aromatic N) is 1. The van der Waals surface area contributed by atoms with Crippen molar-refractivity contribution in [3.63, 3.8) is 0 Å². The predicted octanol–water partition coefficient (Wildman–Crippen LogP) is 2.28. The van der Waals surface area contributed by atoms with Gasteiger partial charge in [-0.25, -0.2) is 0 Å². The Labute approximate surface area is 139 Å². The highest BCUT2D eigenvalue weighted by molar-refractivity contribution is 5.93. The van der Waals surface area contributed by atoms with Crippen molar-refractivity contribution >= 4 is 23.3 Å². The van der Waals surface area contributed by atoms with Crippen molar-refractivity contribution in [1.29, 1.82) is 0 Å². The number of carbonyl (C=O) groups is 2. The molecular weight excluding hydrogens is 316 g/mol. The minimum absolute atomic E-state index is 0.0281. The van der Waals surface area contributed by atoms with Crippen LogP contribution < -0.4 is 5.32 Å². The van der Waals surface area contributed by atoms with Crippen LogP contribution in [0.3, 0.4) is 0 Å². The third-order valence-corrected chi connectivity index (χ3v) is 3.55. The van der Waals surface area contributed by atoms with E-state index in [0.29, 0.717) is 18.7 Å². The van der Waals surface area contributed by atoms with Gasteiger partial charge in [-0.15, -0.1) is 0 Å². The first-order valence-corrected chi connectivity index (χ1v) is 7.71. The van der Waals surface area contributed by atoms with Crippen molar-refractivity contribution < 1.29 is 24.0 Å². The Morgan fingerprint density at radius 1 is 1.50 bits per heavy atom. The molecule has 1 amide bonds. The maximum atomic E-state index is 12.0. The standard InChI is InChI=1S/C16H20N2O6/c1-10(2)23-9-14-6-11(16(20)24-14)7-15(19)17-12-4-3-5-13(8-12)18(21)22/h3-5,8,10-11,14H,6-7,9H2,1-2H3,(H,17,19)/t11-,14-/m1/s1. The van der Waals surface area contributed by atoms with Crippen LogP contribution in [0.4, 0.5) is 11.4 Å². The van der Waals surface area contributed by atoms with Gasteiger partial charge in [-0.1, -0.05) is 6.07 Å². The number of nitro groups is 1. The summed E-state index contributed by atoms with van der Waals surface area (Å²) in [5.41, 5.74) is 0.208. The first-order valence-electron chi connectivity index (χ1n) is 7.71. The third kappa shape index (κ3) is 5.02. The Hall–Kier alpha value is -2.48. The van der Waals surface area contributed by atoms with E-state index in [2.05, 4.69) is 5.32 Å². The molecule has 0 unspecified atom stereocenters. The van der Waals surface area contributed by atoms with Crippen molar-refractivity contribution in [1.82, 2.24) is 0 Å². The number of benzene rings is 1. The lowest BCUT2D eigenvalue weighted by atomic mass is 10.0. The molecule has 8 nitrogen and oxygen atoms in total. The number of ether oxygens (including phenoxy) is 2. The fourth-order valence-corrected chi connectivity index (χ4v) is 2.42. The predicted molar refractivity (Wildman–Crippen MR) is 85.4 cm³/mol. The Kier molecular flexibility index (Phi) is 5.86. The van der Waals surface area contributed by atoms with E-state index in [4.69, 9.17) is 9.47 Å². The van der Waals surface area contributed by atoms with Crippen molar-refractivity contribution in [3.8, 4) is 0 Å². The smallest absolute Gasteiger partial charge is 0.309 e. The summed E-state index contributed by atoms with van der Waals surface area (Å²) >= 11 is 0. The van der Waals surface area contributed by atoms with Gasteiger partial charge in [0.25, 0.3) is 5.69 Å². The maximum Gasteiger partial charge on any atom is 0.309 e. The van der Waals surface area contributed by atoms with Gasteiger partial charge in [0.2, 0.25) is 5.91 Å². The molecule has 1 fully saturated rings. The van der Waals surface area contributed by atoms with Crippen molar-refractivity contribution in [2.75, 3.05) is 11.9 Å². The topological polar surface area (TPSA) is 108 Å². The van der Waals surface area contributed by atoms with E-state index < -0.39 is 16.8 Å². The van der Waals surface area contributed by atoms with Crippen LogP contribution >= 0.6 is 0 Å². The minimum atomic E-state index is -0.538. The van der Waals surface area contributed by atoms with Crippen LogP contribution in [0, 0.1) is 16.0 Å². The lowest BCUT2D eigenvalue weighted by molar-refractivity contribution is -0.384. The van der Waals surface area contributed by atoms with Crippen molar-refractivity contribution in [3.05, 3.63) is 34.4 Å². The molecule has 8 heteroatoms. The molecule has 1 aliphatic rings. The van der Waals surface area contributed by atoms with Crippen molar-refractivity contribution in [2.45, 2.75) is 38.9 Å². The fourth-order valence-electron chi connectivity index (χ4n) is 2.42. The molecule has 24 heavy (non-hydrogen) atoms. The van der Waals surface area contributed by atoms with E-state index in [9.17, 15) is 19.7 Å². The highest BCUT2D eigenvalue weighted by Crippen LogP contribution is 2.25. The molecule has 1 aliphatic heterocycles. The van der Waals surface area contributed by atoms with E-state index in [1.54, 1.807) is 6.07 Å². The number of rotatable bonds is 7. The Morgan fingerprint density at radius 2 is 2.25 bits per heavy atom. The summed E-state index contributed by atoms with van der Waals surface area (Å²) < 4.78 is 10.6. The normalized spacial score (nSPS) is 20.0. The molecule has 0 spiro atoms. The number of nitro benzene ring substituents is 1. The lowest BCUT2D eigenvalue weighted by Crippen LogP contribution is -2.19. The summed E-state index contributed by atoms with van der Waals surface area (Å²) in [5, 5.41) is 13.3. The number of nitrogens with one attached hydrogen (secondary N) is 1. The van der Waals surface area contributed by atoms with Crippen LogP contribution in [0.5, 0.6) is 0 Å². The molecule has 0 aromatic heterocycles. The summed E-state index contributed by atoms with van der Waals surface area (Å²) in [7, 11) is 0. The summed E-state index contributed by atoms with van der Waals surface area (Å²) in [6.45, 7) is 4.09. The second kappa shape index (κ2) is 7.87. The summed E-state index contributed by atoms with van der Waals surface area (Å²) in [5.74, 6) is -1.33. The fraction of sp³-hybridized carbons (Fsp3) is 0.500.